The molecule has 0 spiro atoms. The molecule has 128 valence electrons. The number of benzene rings is 1. The molecule has 2 amide bonds. The third kappa shape index (κ3) is 2.81. The minimum atomic E-state index is -4.98. The van der Waals surface area contributed by atoms with Crippen molar-refractivity contribution < 1.29 is 22.8 Å². The van der Waals surface area contributed by atoms with Crippen molar-refractivity contribution in [1.82, 2.24) is 14.9 Å². The summed E-state index contributed by atoms with van der Waals surface area (Å²) >= 11 is 0. The number of halogens is 3. The Hall–Kier alpha value is -2.58. The number of carbonyl (C=O) groups excluding carboxylic acids is 2. The summed E-state index contributed by atoms with van der Waals surface area (Å²) in [4.78, 5) is 33.0. The van der Waals surface area contributed by atoms with Crippen molar-refractivity contribution in [2.24, 2.45) is 0 Å². The third-order valence-electron chi connectivity index (χ3n) is 4.16. The largest absolute Gasteiger partial charge is 0.471 e. The molecule has 0 aliphatic carbocycles. The first-order chi connectivity index (χ1) is 11.3. The Morgan fingerprint density at radius 2 is 2.12 bits per heavy atom. The van der Waals surface area contributed by atoms with Crippen LogP contribution in [0.3, 0.4) is 0 Å². The average Bonchev–Trinajstić information content (AvgIpc) is 3.19. The number of nitrogens with zero attached hydrogens (tertiary/aromatic N) is 3. The topological polar surface area (TPSA) is 69.3 Å². The molecule has 2 heterocycles. The Kier molecular flexibility index (Phi) is 3.94. The van der Waals surface area contributed by atoms with Gasteiger partial charge in [-0.15, -0.1) is 0 Å². The van der Waals surface area contributed by atoms with E-state index < -0.39 is 24.0 Å². The van der Waals surface area contributed by atoms with Crippen LogP contribution in [0.25, 0.3) is 11.0 Å². The van der Waals surface area contributed by atoms with Crippen LogP contribution in [0.5, 0.6) is 0 Å². The van der Waals surface area contributed by atoms with Crippen LogP contribution in [-0.2, 0) is 9.59 Å². The highest BCUT2D eigenvalue weighted by Crippen LogP contribution is 2.28. The SMILES string of the molecule is CN(C(=O)C1CCCN1C(=O)C(F)(F)F)c1ccc2nc[nH]c2c1. The van der Waals surface area contributed by atoms with Crippen molar-refractivity contribution in [1.29, 1.82) is 0 Å². The monoisotopic (exact) mass is 340 g/mol. The van der Waals surface area contributed by atoms with Gasteiger partial charge in [0.05, 0.1) is 17.4 Å². The molecular formula is C15H15F3N4O2. The highest BCUT2D eigenvalue weighted by atomic mass is 19.4. The number of rotatable bonds is 2. The molecular weight excluding hydrogens is 325 g/mol. The highest BCUT2D eigenvalue weighted by Gasteiger charge is 2.48. The molecule has 1 aliphatic heterocycles. The van der Waals surface area contributed by atoms with Crippen molar-refractivity contribution in [3.63, 3.8) is 0 Å². The summed E-state index contributed by atoms with van der Waals surface area (Å²) in [6, 6.07) is 3.96. The maximum atomic E-state index is 12.7. The lowest BCUT2D eigenvalue weighted by Crippen LogP contribution is -2.50. The van der Waals surface area contributed by atoms with Crippen LogP contribution in [0.2, 0.25) is 0 Å². The molecule has 1 fully saturated rings. The number of likely N-dealkylation sites (tertiary alicyclic amines) is 1. The molecule has 1 atom stereocenters. The molecule has 1 aliphatic rings. The molecule has 1 saturated heterocycles. The van der Waals surface area contributed by atoms with E-state index in [9.17, 15) is 22.8 Å². The molecule has 24 heavy (non-hydrogen) atoms. The predicted octanol–water partition coefficient (Wildman–Crippen LogP) is 2.08. The average molecular weight is 340 g/mol. The van der Waals surface area contributed by atoms with Crippen LogP contribution in [0.1, 0.15) is 12.8 Å². The summed E-state index contributed by atoms with van der Waals surface area (Å²) < 4.78 is 38.0. The number of carbonyl (C=O) groups is 2. The van der Waals surface area contributed by atoms with E-state index >= 15 is 0 Å². The number of alkyl halides is 3. The summed E-state index contributed by atoms with van der Waals surface area (Å²) in [6.07, 6.45) is -2.88. The van der Waals surface area contributed by atoms with Gasteiger partial charge in [-0.05, 0) is 31.0 Å². The number of hydrogen-bond acceptors (Lipinski definition) is 3. The van der Waals surface area contributed by atoms with Gasteiger partial charge < -0.3 is 14.8 Å². The maximum absolute atomic E-state index is 12.7. The Morgan fingerprint density at radius 1 is 1.38 bits per heavy atom. The second-order valence-corrected chi connectivity index (χ2v) is 5.66. The third-order valence-corrected chi connectivity index (χ3v) is 4.16. The van der Waals surface area contributed by atoms with Gasteiger partial charge in [0.15, 0.2) is 0 Å². The van der Waals surface area contributed by atoms with Gasteiger partial charge in [-0.3, -0.25) is 9.59 Å². The number of anilines is 1. The molecule has 1 unspecified atom stereocenters. The Morgan fingerprint density at radius 3 is 2.83 bits per heavy atom. The first-order valence-electron chi connectivity index (χ1n) is 7.37. The lowest BCUT2D eigenvalue weighted by atomic mass is 10.1. The fourth-order valence-corrected chi connectivity index (χ4v) is 2.91. The Balaban J connectivity index is 1.82. The first-order valence-corrected chi connectivity index (χ1v) is 7.37. The second-order valence-electron chi connectivity index (χ2n) is 5.66. The minimum Gasteiger partial charge on any atom is -0.345 e. The number of H-pyrrole nitrogens is 1. The van der Waals surface area contributed by atoms with Crippen LogP contribution >= 0.6 is 0 Å². The van der Waals surface area contributed by atoms with Gasteiger partial charge in [0.2, 0.25) is 5.91 Å². The van der Waals surface area contributed by atoms with Gasteiger partial charge in [-0.25, -0.2) is 4.98 Å². The van der Waals surface area contributed by atoms with Crippen LogP contribution in [-0.4, -0.2) is 52.5 Å². The number of aromatic nitrogens is 2. The number of imidazole rings is 1. The molecule has 3 rings (SSSR count). The lowest BCUT2D eigenvalue weighted by Gasteiger charge is -2.28. The van der Waals surface area contributed by atoms with E-state index in [1.807, 2.05) is 0 Å². The number of fused-ring (bicyclic) bond motifs is 1. The van der Waals surface area contributed by atoms with Crippen molar-refractivity contribution in [2.45, 2.75) is 25.1 Å². The van der Waals surface area contributed by atoms with Crippen LogP contribution < -0.4 is 4.90 Å². The van der Waals surface area contributed by atoms with Gasteiger partial charge in [-0.2, -0.15) is 13.2 Å². The number of aromatic amines is 1. The van der Waals surface area contributed by atoms with Crippen molar-refractivity contribution in [3.8, 4) is 0 Å². The number of amides is 2. The minimum absolute atomic E-state index is 0.0673. The molecule has 9 heteroatoms. The number of likely N-dealkylation sites (N-methyl/N-ethyl adjacent to an activating group) is 1. The molecule has 6 nitrogen and oxygen atoms in total. The van der Waals surface area contributed by atoms with E-state index in [-0.39, 0.29) is 13.0 Å². The molecule has 1 aromatic carbocycles. The van der Waals surface area contributed by atoms with Crippen LogP contribution in [0, 0.1) is 0 Å². The zero-order valence-corrected chi connectivity index (χ0v) is 12.8. The summed E-state index contributed by atoms with van der Waals surface area (Å²) in [7, 11) is 1.48. The summed E-state index contributed by atoms with van der Waals surface area (Å²) in [5.74, 6) is -2.50. The second kappa shape index (κ2) is 5.81. The maximum Gasteiger partial charge on any atom is 0.471 e. The Bertz CT molecular complexity index is 786. The number of hydrogen-bond donors (Lipinski definition) is 1. The summed E-state index contributed by atoms with van der Waals surface area (Å²) in [5.41, 5.74) is 1.94. The smallest absolute Gasteiger partial charge is 0.345 e. The van der Waals surface area contributed by atoms with E-state index in [1.54, 1.807) is 18.2 Å². The van der Waals surface area contributed by atoms with E-state index in [0.29, 0.717) is 28.0 Å². The summed E-state index contributed by atoms with van der Waals surface area (Å²) in [6.45, 7) is -0.0673. The van der Waals surface area contributed by atoms with E-state index in [0.717, 1.165) is 0 Å². The molecule has 1 aromatic heterocycles. The van der Waals surface area contributed by atoms with Crippen LogP contribution in [0.15, 0.2) is 24.5 Å². The summed E-state index contributed by atoms with van der Waals surface area (Å²) in [5, 5.41) is 0. The Labute approximate surface area is 135 Å². The van der Waals surface area contributed by atoms with Crippen molar-refractivity contribution >= 4 is 28.5 Å². The van der Waals surface area contributed by atoms with Crippen molar-refractivity contribution in [2.75, 3.05) is 18.5 Å². The van der Waals surface area contributed by atoms with Gasteiger partial charge in [0.1, 0.15) is 6.04 Å². The normalized spacial score (nSPS) is 18.2. The lowest BCUT2D eigenvalue weighted by molar-refractivity contribution is -0.186. The molecule has 2 aromatic rings. The zero-order chi connectivity index (χ0) is 17.5. The van der Waals surface area contributed by atoms with Gasteiger partial charge in [0, 0.05) is 19.3 Å². The van der Waals surface area contributed by atoms with E-state index in [1.165, 1.54) is 18.3 Å². The van der Waals surface area contributed by atoms with Gasteiger partial charge in [0.25, 0.3) is 0 Å². The van der Waals surface area contributed by atoms with E-state index in [2.05, 4.69) is 9.97 Å². The first kappa shape index (κ1) is 16.3. The fourth-order valence-electron chi connectivity index (χ4n) is 2.91. The van der Waals surface area contributed by atoms with Crippen molar-refractivity contribution in [3.05, 3.63) is 24.5 Å². The number of nitrogens with one attached hydrogen (secondary N) is 1. The quantitative estimate of drug-likeness (QED) is 0.910. The standard InChI is InChI=1S/C15H15F3N4O2/c1-21(9-4-5-10-11(7-9)20-8-19-10)13(23)12-3-2-6-22(12)14(24)15(16,17)18/h4-5,7-8,12H,2-3,6H2,1H3,(H,19,20). The molecule has 1 N–H and O–H groups in total. The molecule has 0 radical (unpaired) electrons. The van der Waals surface area contributed by atoms with E-state index in [4.69, 9.17) is 0 Å². The zero-order valence-electron chi connectivity index (χ0n) is 12.8. The van der Waals surface area contributed by atoms with Gasteiger partial charge >= 0.3 is 12.1 Å². The molecule has 0 bridgehead atoms. The van der Waals surface area contributed by atoms with Crippen LogP contribution in [0.4, 0.5) is 18.9 Å². The van der Waals surface area contributed by atoms with Gasteiger partial charge in [-0.1, -0.05) is 0 Å². The predicted molar refractivity (Wildman–Crippen MR) is 80.3 cm³/mol. The molecule has 0 saturated carbocycles. The highest BCUT2D eigenvalue weighted by molar-refractivity contribution is 6.00. The fraction of sp³-hybridized carbons (Fsp3) is 0.400.